The SMILES string of the molecule is N[C@@H](c1cc(Cl)c(Cl)cc1O)C1CCN(c2ccc(O)nc2)CC1. The molecule has 5 nitrogen and oxygen atoms in total. The third-order valence-electron chi connectivity index (χ3n) is 4.57. The third kappa shape index (κ3) is 3.53. The first kappa shape index (κ1) is 17.1. The molecule has 0 unspecified atom stereocenters. The fraction of sp³-hybridized carbons (Fsp3) is 0.353. The largest absolute Gasteiger partial charge is 0.508 e. The van der Waals surface area contributed by atoms with Gasteiger partial charge in [0, 0.05) is 36.8 Å². The third-order valence-corrected chi connectivity index (χ3v) is 5.30. The van der Waals surface area contributed by atoms with Gasteiger partial charge in [-0.1, -0.05) is 23.2 Å². The number of rotatable bonds is 3. The molecule has 0 radical (unpaired) electrons. The van der Waals surface area contributed by atoms with Gasteiger partial charge in [0.25, 0.3) is 0 Å². The number of anilines is 1. The van der Waals surface area contributed by atoms with E-state index in [9.17, 15) is 10.2 Å². The number of phenolic OH excluding ortho intramolecular Hbond substituents is 1. The van der Waals surface area contributed by atoms with Gasteiger partial charge in [0.05, 0.1) is 21.9 Å². The summed E-state index contributed by atoms with van der Waals surface area (Å²) in [6.45, 7) is 1.68. The van der Waals surface area contributed by atoms with Crippen molar-refractivity contribution in [3.63, 3.8) is 0 Å². The van der Waals surface area contributed by atoms with Gasteiger partial charge >= 0.3 is 0 Å². The van der Waals surface area contributed by atoms with Crippen LogP contribution in [0.3, 0.4) is 0 Å². The molecule has 1 aromatic carbocycles. The van der Waals surface area contributed by atoms with Crippen molar-refractivity contribution in [2.24, 2.45) is 11.7 Å². The Morgan fingerprint density at radius 3 is 2.42 bits per heavy atom. The molecule has 1 aliphatic heterocycles. The van der Waals surface area contributed by atoms with Gasteiger partial charge in [0.1, 0.15) is 5.75 Å². The summed E-state index contributed by atoms with van der Waals surface area (Å²) in [5.41, 5.74) is 7.98. The maximum Gasteiger partial charge on any atom is 0.210 e. The Morgan fingerprint density at radius 1 is 1.12 bits per heavy atom. The molecule has 7 heteroatoms. The van der Waals surface area contributed by atoms with E-state index in [4.69, 9.17) is 28.9 Å². The summed E-state index contributed by atoms with van der Waals surface area (Å²) >= 11 is 12.0. The van der Waals surface area contributed by atoms with Crippen LogP contribution in [0.25, 0.3) is 0 Å². The minimum atomic E-state index is -0.292. The average Bonchev–Trinajstić information content (AvgIpc) is 2.58. The zero-order valence-corrected chi connectivity index (χ0v) is 14.5. The number of halogens is 2. The summed E-state index contributed by atoms with van der Waals surface area (Å²) in [6.07, 6.45) is 3.45. The molecule has 0 saturated carbocycles. The number of nitrogens with zero attached hydrogens (tertiary/aromatic N) is 2. The second-order valence-corrected chi connectivity index (χ2v) is 6.86. The molecule has 1 saturated heterocycles. The van der Waals surface area contributed by atoms with Crippen molar-refractivity contribution in [3.05, 3.63) is 46.1 Å². The Balaban J connectivity index is 1.68. The molecular formula is C17H19Cl2N3O2. The molecule has 1 aliphatic rings. The highest BCUT2D eigenvalue weighted by molar-refractivity contribution is 6.42. The maximum absolute atomic E-state index is 10.1. The lowest BCUT2D eigenvalue weighted by Crippen LogP contribution is -2.37. The van der Waals surface area contributed by atoms with E-state index in [0.717, 1.165) is 31.6 Å². The van der Waals surface area contributed by atoms with E-state index in [1.54, 1.807) is 18.3 Å². The van der Waals surface area contributed by atoms with Gasteiger partial charge in [-0.25, -0.2) is 4.98 Å². The second kappa shape index (κ2) is 7.05. The zero-order valence-electron chi connectivity index (χ0n) is 13.0. The summed E-state index contributed by atoms with van der Waals surface area (Å²) < 4.78 is 0. The Morgan fingerprint density at radius 2 is 1.79 bits per heavy atom. The predicted octanol–water partition coefficient (Wildman–Crippen LogP) is 3.72. The van der Waals surface area contributed by atoms with E-state index < -0.39 is 0 Å². The highest BCUT2D eigenvalue weighted by atomic mass is 35.5. The standard InChI is InChI=1S/C17H19Cl2N3O2/c18-13-7-12(15(23)8-14(13)19)17(20)10-3-5-22(6-4-10)11-1-2-16(24)21-9-11/h1-2,7-10,17,23H,3-6,20H2,(H,21,24)/t17-/m1/s1. The number of benzene rings is 1. The van der Waals surface area contributed by atoms with Crippen molar-refractivity contribution in [1.29, 1.82) is 0 Å². The minimum absolute atomic E-state index is 0.0192. The zero-order chi connectivity index (χ0) is 17.3. The lowest BCUT2D eigenvalue weighted by molar-refractivity contribution is 0.336. The Labute approximate surface area is 150 Å². The number of pyridine rings is 1. The molecule has 1 atom stereocenters. The number of piperidine rings is 1. The quantitative estimate of drug-likeness (QED) is 0.769. The first-order valence-electron chi connectivity index (χ1n) is 7.79. The van der Waals surface area contributed by atoms with Crippen molar-refractivity contribution in [2.45, 2.75) is 18.9 Å². The molecule has 1 aromatic heterocycles. The summed E-state index contributed by atoms with van der Waals surface area (Å²) in [5, 5.41) is 20.1. The van der Waals surface area contributed by atoms with Crippen LogP contribution in [0.15, 0.2) is 30.5 Å². The summed E-state index contributed by atoms with van der Waals surface area (Å²) in [4.78, 5) is 6.13. The number of nitrogens with two attached hydrogens (primary N) is 1. The second-order valence-electron chi connectivity index (χ2n) is 6.05. The summed E-state index contributed by atoms with van der Waals surface area (Å²) in [5.74, 6) is 0.349. The van der Waals surface area contributed by atoms with Crippen LogP contribution in [0, 0.1) is 5.92 Å². The summed E-state index contributed by atoms with van der Waals surface area (Å²) in [6, 6.07) is 6.24. The molecule has 0 bridgehead atoms. The van der Waals surface area contributed by atoms with Crippen LogP contribution in [-0.2, 0) is 0 Å². The Hall–Kier alpha value is -1.69. The molecule has 0 amide bonds. The van der Waals surface area contributed by atoms with Crippen molar-refractivity contribution >= 4 is 28.9 Å². The van der Waals surface area contributed by atoms with Crippen LogP contribution in [0.4, 0.5) is 5.69 Å². The van der Waals surface area contributed by atoms with Crippen LogP contribution in [0.5, 0.6) is 11.6 Å². The van der Waals surface area contributed by atoms with E-state index in [1.165, 1.54) is 6.07 Å². The van der Waals surface area contributed by atoms with E-state index in [2.05, 4.69) is 9.88 Å². The van der Waals surface area contributed by atoms with Gasteiger partial charge in [-0.3, -0.25) is 0 Å². The molecule has 128 valence electrons. The van der Waals surface area contributed by atoms with Crippen LogP contribution < -0.4 is 10.6 Å². The molecule has 0 spiro atoms. The molecule has 2 aromatic rings. The molecule has 0 aliphatic carbocycles. The van der Waals surface area contributed by atoms with Crippen molar-refractivity contribution in [3.8, 4) is 11.6 Å². The normalized spacial score (nSPS) is 17.0. The van der Waals surface area contributed by atoms with E-state index in [-0.39, 0.29) is 23.6 Å². The number of phenols is 1. The average molecular weight is 368 g/mol. The lowest BCUT2D eigenvalue weighted by Gasteiger charge is -2.36. The number of aromatic nitrogens is 1. The Kier molecular flexibility index (Phi) is 5.04. The van der Waals surface area contributed by atoms with E-state index in [1.807, 2.05) is 6.07 Å². The molecule has 3 rings (SSSR count). The van der Waals surface area contributed by atoms with Gasteiger partial charge in [-0.15, -0.1) is 0 Å². The van der Waals surface area contributed by atoms with Crippen LogP contribution in [-0.4, -0.2) is 28.3 Å². The Bertz CT molecular complexity index is 717. The monoisotopic (exact) mass is 367 g/mol. The highest BCUT2D eigenvalue weighted by Gasteiger charge is 2.27. The highest BCUT2D eigenvalue weighted by Crippen LogP contribution is 2.38. The topological polar surface area (TPSA) is 82.6 Å². The van der Waals surface area contributed by atoms with Gasteiger partial charge < -0.3 is 20.8 Å². The molecular weight excluding hydrogens is 349 g/mol. The molecule has 2 heterocycles. The van der Waals surface area contributed by atoms with E-state index >= 15 is 0 Å². The van der Waals surface area contributed by atoms with Crippen molar-refractivity contribution in [1.82, 2.24) is 4.98 Å². The smallest absolute Gasteiger partial charge is 0.210 e. The van der Waals surface area contributed by atoms with Crippen molar-refractivity contribution in [2.75, 3.05) is 18.0 Å². The predicted molar refractivity (Wildman–Crippen MR) is 95.9 cm³/mol. The van der Waals surface area contributed by atoms with Crippen LogP contribution in [0.1, 0.15) is 24.4 Å². The summed E-state index contributed by atoms with van der Waals surface area (Å²) in [7, 11) is 0. The molecule has 1 fully saturated rings. The van der Waals surface area contributed by atoms with Gasteiger partial charge in [0.2, 0.25) is 5.88 Å². The fourth-order valence-electron chi connectivity index (χ4n) is 3.15. The van der Waals surface area contributed by atoms with Crippen LogP contribution in [0.2, 0.25) is 10.0 Å². The fourth-order valence-corrected chi connectivity index (χ4v) is 3.48. The number of hydrogen-bond donors (Lipinski definition) is 3. The number of hydrogen-bond acceptors (Lipinski definition) is 5. The van der Waals surface area contributed by atoms with Gasteiger partial charge in [0.15, 0.2) is 0 Å². The van der Waals surface area contributed by atoms with Crippen molar-refractivity contribution < 1.29 is 10.2 Å². The molecule has 4 N–H and O–H groups in total. The van der Waals surface area contributed by atoms with Crippen LogP contribution >= 0.6 is 23.2 Å². The maximum atomic E-state index is 10.1. The lowest BCUT2D eigenvalue weighted by atomic mass is 9.85. The first-order chi connectivity index (χ1) is 11.5. The van der Waals surface area contributed by atoms with E-state index in [0.29, 0.717) is 15.6 Å². The molecule has 24 heavy (non-hydrogen) atoms. The van der Waals surface area contributed by atoms with Gasteiger partial charge in [-0.2, -0.15) is 0 Å². The first-order valence-corrected chi connectivity index (χ1v) is 8.54. The minimum Gasteiger partial charge on any atom is -0.508 e. The number of aromatic hydroxyl groups is 2. The van der Waals surface area contributed by atoms with Gasteiger partial charge in [-0.05, 0) is 30.9 Å².